The number of hydrogen-bond donors (Lipinski definition) is 2. The summed E-state index contributed by atoms with van der Waals surface area (Å²) in [5.74, 6) is 30.3. The minimum absolute atomic E-state index is 0.352. The quantitative estimate of drug-likeness (QED) is 0.381. The molecule has 6 atom stereocenters. The molecule has 2 N–H and O–H groups in total. The monoisotopic (exact) mass is 566 g/mol. The molecule has 0 radical (unpaired) electrons. The Morgan fingerprint density at radius 1 is 0.738 bits per heavy atom. The SMILES string of the molecule is C#CC#CC#CC#CC#CC#CSCc1cc(C)cc(C2CCC3C4CC(c5cc(C)cc(CC)c5O)C(C4)C23)c1O. The maximum atomic E-state index is 11.5. The Bertz CT molecular complexity index is 1750. The minimum Gasteiger partial charge on any atom is -0.507 e. The first-order valence-electron chi connectivity index (χ1n) is 14.6. The molecule has 2 aromatic rings. The molecule has 3 saturated carbocycles. The van der Waals surface area contributed by atoms with E-state index in [2.05, 4.69) is 109 Å². The van der Waals surface area contributed by atoms with Crippen LogP contribution >= 0.6 is 11.8 Å². The lowest BCUT2D eigenvalue weighted by molar-refractivity contribution is 0.213. The fraction of sp³-hybridized carbons (Fsp3) is 0.385. The average Bonchev–Trinajstić information content (AvgIpc) is 3.69. The van der Waals surface area contributed by atoms with Gasteiger partial charge in [0.15, 0.2) is 0 Å². The zero-order chi connectivity index (χ0) is 29.6. The summed E-state index contributed by atoms with van der Waals surface area (Å²) in [6.45, 7) is 6.37. The highest BCUT2D eigenvalue weighted by Gasteiger charge is 2.58. The molecule has 0 aromatic heterocycles. The molecule has 5 rings (SSSR count). The van der Waals surface area contributed by atoms with Crippen molar-refractivity contribution in [1.29, 1.82) is 0 Å². The first-order valence-corrected chi connectivity index (χ1v) is 15.6. The number of thioether (sulfide) groups is 1. The molecule has 2 aromatic carbocycles. The average molecular weight is 567 g/mol. The van der Waals surface area contributed by atoms with Gasteiger partial charge < -0.3 is 10.2 Å². The van der Waals surface area contributed by atoms with Crippen molar-refractivity contribution in [3.05, 3.63) is 57.6 Å². The number of terminal acetylenes is 1. The van der Waals surface area contributed by atoms with Gasteiger partial charge in [-0.05, 0) is 163 Å². The summed E-state index contributed by atoms with van der Waals surface area (Å²) >= 11 is 1.43. The maximum Gasteiger partial charge on any atom is 0.123 e. The number of benzene rings is 2. The van der Waals surface area contributed by atoms with Crippen LogP contribution in [-0.4, -0.2) is 10.2 Å². The smallest absolute Gasteiger partial charge is 0.123 e. The Morgan fingerprint density at radius 2 is 1.33 bits per heavy atom. The third-order valence-electron chi connectivity index (χ3n) is 9.35. The van der Waals surface area contributed by atoms with E-state index in [9.17, 15) is 10.2 Å². The summed E-state index contributed by atoms with van der Waals surface area (Å²) in [4.78, 5) is 0. The summed E-state index contributed by atoms with van der Waals surface area (Å²) in [5, 5.41) is 25.7. The molecular weight excluding hydrogens is 532 g/mol. The summed E-state index contributed by atoms with van der Waals surface area (Å²) in [7, 11) is 0. The zero-order valence-corrected chi connectivity index (χ0v) is 25.2. The molecule has 3 aliphatic rings. The van der Waals surface area contributed by atoms with Gasteiger partial charge in [0.25, 0.3) is 0 Å². The Kier molecular flexibility index (Phi) is 9.16. The molecule has 0 saturated heterocycles. The van der Waals surface area contributed by atoms with E-state index in [4.69, 9.17) is 6.42 Å². The standard InChI is InChI=1S/C39H34O2S/c1-5-7-8-9-10-11-12-13-14-15-18-42-25-30-20-27(4)21-35(39(30)41)32-17-16-31-29-23-33(34(24-29)37(31)32)36-22-26(3)19-28(6-2)38(36)40/h1,19-22,29,31-34,37,40-41H,6,16-17,23-25H2,2-4H3. The van der Waals surface area contributed by atoms with Gasteiger partial charge in [0.1, 0.15) is 11.5 Å². The van der Waals surface area contributed by atoms with Crippen LogP contribution in [0.1, 0.15) is 77.8 Å². The van der Waals surface area contributed by atoms with Gasteiger partial charge in [0, 0.05) is 11.3 Å². The number of phenolic OH excluding ortho intramolecular Hbond substituents is 2. The van der Waals surface area contributed by atoms with Crippen LogP contribution < -0.4 is 0 Å². The predicted octanol–water partition coefficient (Wildman–Crippen LogP) is 7.05. The van der Waals surface area contributed by atoms with E-state index < -0.39 is 0 Å². The van der Waals surface area contributed by atoms with E-state index >= 15 is 0 Å². The van der Waals surface area contributed by atoms with E-state index in [0.29, 0.717) is 40.9 Å². The second-order valence-electron chi connectivity index (χ2n) is 11.7. The van der Waals surface area contributed by atoms with Gasteiger partial charge in [-0.3, -0.25) is 0 Å². The molecule has 0 spiro atoms. The molecule has 2 bridgehead atoms. The van der Waals surface area contributed by atoms with Crippen LogP contribution in [0.15, 0.2) is 24.3 Å². The lowest BCUT2D eigenvalue weighted by Gasteiger charge is -2.36. The van der Waals surface area contributed by atoms with Gasteiger partial charge in [0.2, 0.25) is 0 Å². The fourth-order valence-electron chi connectivity index (χ4n) is 7.97. The normalized spacial score (nSPS) is 24.1. The highest BCUT2D eigenvalue weighted by atomic mass is 32.2. The molecule has 0 aliphatic heterocycles. The van der Waals surface area contributed by atoms with Crippen LogP contribution in [0.3, 0.4) is 0 Å². The molecule has 42 heavy (non-hydrogen) atoms. The van der Waals surface area contributed by atoms with Crippen molar-refractivity contribution >= 4 is 11.8 Å². The number of phenols is 2. The highest BCUT2D eigenvalue weighted by Crippen LogP contribution is 2.68. The Balaban J connectivity index is 1.31. The Hall–Kier alpha value is -4.25. The molecule has 0 amide bonds. The topological polar surface area (TPSA) is 40.5 Å². The lowest BCUT2D eigenvalue weighted by Crippen LogP contribution is -2.27. The first kappa shape index (κ1) is 29.2. The van der Waals surface area contributed by atoms with Crippen LogP contribution in [0.2, 0.25) is 0 Å². The molecule has 208 valence electrons. The second-order valence-corrected chi connectivity index (χ2v) is 12.4. The van der Waals surface area contributed by atoms with Crippen LogP contribution in [0.5, 0.6) is 11.5 Å². The van der Waals surface area contributed by atoms with Gasteiger partial charge in [-0.2, -0.15) is 0 Å². The van der Waals surface area contributed by atoms with Crippen LogP contribution in [0.4, 0.5) is 0 Å². The molecule has 3 heteroatoms. The number of rotatable bonds is 5. The number of fused-ring (bicyclic) bond motifs is 5. The van der Waals surface area contributed by atoms with Crippen molar-refractivity contribution in [2.75, 3.05) is 0 Å². The van der Waals surface area contributed by atoms with E-state index in [-0.39, 0.29) is 0 Å². The number of aromatic hydroxyl groups is 2. The van der Waals surface area contributed by atoms with Crippen molar-refractivity contribution in [2.24, 2.45) is 23.7 Å². The van der Waals surface area contributed by atoms with Crippen molar-refractivity contribution in [3.8, 4) is 82.4 Å². The lowest BCUT2D eigenvalue weighted by atomic mass is 9.68. The molecule has 0 heterocycles. The Labute approximate surface area is 255 Å². The summed E-state index contributed by atoms with van der Waals surface area (Å²) in [6.07, 6.45) is 10.6. The third kappa shape index (κ3) is 6.01. The molecular formula is C39H34O2S. The van der Waals surface area contributed by atoms with Gasteiger partial charge in [-0.15, -0.1) is 6.42 Å². The van der Waals surface area contributed by atoms with Crippen molar-refractivity contribution in [1.82, 2.24) is 0 Å². The van der Waals surface area contributed by atoms with Crippen LogP contribution in [0, 0.1) is 108 Å². The number of hydrogen-bond acceptors (Lipinski definition) is 3. The Morgan fingerprint density at radius 3 is 2.00 bits per heavy atom. The van der Waals surface area contributed by atoms with Crippen molar-refractivity contribution in [3.63, 3.8) is 0 Å². The molecule has 6 unspecified atom stereocenters. The van der Waals surface area contributed by atoms with Gasteiger partial charge in [-0.1, -0.05) is 54.1 Å². The fourth-order valence-corrected chi connectivity index (χ4v) is 8.54. The predicted molar refractivity (Wildman–Crippen MR) is 172 cm³/mol. The van der Waals surface area contributed by atoms with Gasteiger partial charge in [0.05, 0.1) is 0 Å². The molecule has 3 aliphatic carbocycles. The summed E-state index contributed by atoms with van der Waals surface area (Å²) in [6, 6.07) is 8.62. The third-order valence-corrected chi connectivity index (χ3v) is 10.0. The summed E-state index contributed by atoms with van der Waals surface area (Å²) < 4.78 is 0. The van der Waals surface area contributed by atoms with E-state index in [1.807, 2.05) is 0 Å². The molecule has 2 nitrogen and oxygen atoms in total. The van der Waals surface area contributed by atoms with Gasteiger partial charge in [-0.25, -0.2) is 0 Å². The number of aryl methyl sites for hydroxylation is 3. The molecule has 3 fully saturated rings. The minimum atomic E-state index is 0.352. The highest BCUT2D eigenvalue weighted by molar-refractivity contribution is 8.03. The van der Waals surface area contributed by atoms with E-state index in [1.165, 1.54) is 42.2 Å². The van der Waals surface area contributed by atoms with Crippen molar-refractivity contribution < 1.29 is 10.2 Å². The van der Waals surface area contributed by atoms with Crippen LogP contribution in [0.25, 0.3) is 0 Å². The summed E-state index contributed by atoms with van der Waals surface area (Å²) in [5.41, 5.74) is 6.64. The van der Waals surface area contributed by atoms with E-state index in [0.717, 1.165) is 46.9 Å². The second kappa shape index (κ2) is 13.2. The first-order chi connectivity index (χ1) is 20.4. The van der Waals surface area contributed by atoms with E-state index in [1.54, 1.807) is 0 Å². The van der Waals surface area contributed by atoms with Crippen LogP contribution in [-0.2, 0) is 12.2 Å². The zero-order valence-electron chi connectivity index (χ0n) is 24.4. The maximum absolute atomic E-state index is 11.5. The largest absolute Gasteiger partial charge is 0.507 e. The van der Waals surface area contributed by atoms with Gasteiger partial charge >= 0.3 is 0 Å². The van der Waals surface area contributed by atoms with Crippen molar-refractivity contribution in [2.45, 2.75) is 70.5 Å².